The second kappa shape index (κ2) is 8.91. The van der Waals surface area contributed by atoms with E-state index in [0.717, 1.165) is 12.1 Å². The Morgan fingerprint density at radius 2 is 1.67 bits per heavy atom. The monoisotopic (exact) mass is 437 g/mol. The van der Waals surface area contributed by atoms with Crippen molar-refractivity contribution in [3.63, 3.8) is 0 Å². The van der Waals surface area contributed by atoms with Gasteiger partial charge in [0.1, 0.15) is 0 Å². The van der Waals surface area contributed by atoms with Gasteiger partial charge in [0.2, 0.25) is 10.0 Å². The predicted octanol–water partition coefficient (Wildman–Crippen LogP) is 1.04. The Kier molecular flexibility index (Phi) is 6.68. The van der Waals surface area contributed by atoms with Gasteiger partial charge < -0.3 is 9.80 Å². The van der Waals surface area contributed by atoms with Gasteiger partial charge >= 0.3 is 0 Å². The lowest BCUT2D eigenvalue weighted by Gasteiger charge is -2.44. The first-order valence-corrected chi connectivity index (χ1v) is 11.8. The van der Waals surface area contributed by atoms with Crippen molar-refractivity contribution < 1.29 is 18.4 Å². The number of hydrogen-bond acceptors (Lipinski definition) is 6. The topological polar surface area (TPSA) is 117 Å². The number of carbonyl (C=O) groups excluding carboxylic acids is 1. The van der Waals surface area contributed by atoms with Crippen molar-refractivity contribution in [3.8, 4) is 0 Å². The van der Waals surface area contributed by atoms with Gasteiger partial charge in [0.05, 0.1) is 5.84 Å². The van der Waals surface area contributed by atoms with Gasteiger partial charge in [-0.25, -0.2) is 13.9 Å². The van der Waals surface area contributed by atoms with Crippen LogP contribution in [0.3, 0.4) is 0 Å². The van der Waals surface area contributed by atoms with E-state index >= 15 is 0 Å². The lowest BCUT2D eigenvalue weighted by molar-refractivity contribution is -0.133. The molecule has 2 saturated heterocycles. The molecule has 2 heterocycles. The Bertz CT molecular complexity index is 871. The summed E-state index contributed by atoms with van der Waals surface area (Å²) in [5.74, 6) is -0.546. The number of carbonyl (C=O) groups is 1. The van der Waals surface area contributed by atoms with Crippen molar-refractivity contribution in [1.29, 1.82) is 5.41 Å². The number of hydroxylamine groups is 1. The summed E-state index contributed by atoms with van der Waals surface area (Å²) in [6, 6.07) is 8.27. The first kappa shape index (κ1) is 22.5. The highest BCUT2D eigenvalue weighted by molar-refractivity contribution is 7.91. The fourth-order valence-electron chi connectivity index (χ4n) is 4.28. The third kappa shape index (κ3) is 4.03. The normalized spacial score (nSPS) is 20.1. The molecule has 1 aromatic rings. The lowest BCUT2D eigenvalue weighted by Crippen LogP contribution is -2.63. The maximum atomic E-state index is 13.5. The minimum absolute atomic E-state index is 0.0383. The van der Waals surface area contributed by atoms with Crippen LogP contribution < -0.4 is 10.4 Å². The summed E-state index contributed by atoms with van der Waals surface area (Å²) in [7, 11) is -3.99. The van der Waals surface area contributed by atoms with E-state index in [1.165, 1.54) is 9.87 Å². The fraction of sp³-hybridized carbons (Fsp3) is 0.600. The van der Waals surface area contributed by atoms with Crippen molar-refractivity contribution in [3.05, 3.63) is 29.8 Å². The molecule has 10 heteroatoms. The number of sulfonamides is 1. The molecule has 30 heavy (non-hydrogen) atoms. The van der Waals surface area contributed by atoms with Crippen molar-refractivity contribution in [1.82, 2.24) is 14.7 Å². The number of aryl methyl sites for hydroxylation is 1. The van der Waals surface area contributed by atoms with Gasteiger partial charge in [-0.2, -0.15) is 4.31 Å². The Labute approximate surface area is 178 Å². The van der Waals surface area contributed by atoms with E-state index in [4.69, 9.17) is 5.41 Å². The lowest BCUT2D eigenvalue weighted by atomic mass is 9.95. The standard InChI is InChI=1S/C20H31N5O4S/c1-3-17-4-6-18(7-5-17)24-12-14-25(15-13-24)30(28,29)20(19(26)22-27)8-10-23(11-9-20)16(2)21/h4-7,21,27H,3,8-15H2,1-2H3,(H,22,26). The number of hydrogen-bond donors (Lipinski definition) is 3. The van der Waals surface area contributed by atoms with Gasteiger partial charge in [-0.3, -0.25) is 15.4 Å². The maximum Gasteiger partial charge on any atom is 0.266 e. The van der Waals surface area contributed by atoms with Crippen LogP contribution in [0.5, 0.6) is 0 Å². The second-order valence-corrected chi connectivity index (χ2v) is 10.2. The molecular formula is C20H31N5O4S. The molecule has 0 spiro atoms. The minimum atomic E-state index is -3.99. The predicted molar refractivity (Wildman–Crippen MR) is 115 cm³/mol. The summed E-state index contributed by atoms with van der Waals surface area (Å²) >= 11 is 0. The summed E-state index contributed by atoms with van der Waals surface area (Å²) in [5.41, 5.74) is 3.89. The quantitative estimate of drug-likeness (QED) is 0.274. The van der Waals surface area contributed by atoms with Gasteiger partial charge in [-0.05, 0) is 43.9 Å². The van der Waals surface area contributed by atoms with Gasteiger partial charge in [0.25, 0.3) is 5.91 Å². The van der Waals surface area contributed by atoms with Gasteiger partial charge in [0, 0.05) is 45.0 Å². The van der Waals surface area contributed by atoms with Crippen LogP contribution in [0.4, 0.5) is 5.69 Å². The van der Waals surface area contributed by atoms with Crippen molar-refractivity contribution >= 4 is 27.5 Å². The number of piperidine rings is 1. The molecule has 0 unspecified atom stereocenters. The Morgan fingerprint density at radius 3 is 2.13 bits per heavy atom. The first-order valence-electron chi connectivity index (χ1n) is 10.3. The third-order valence-corrected chi connectivity index (χ3v) is 8.97. The van der Waals surface area contributed by atoms with Crippen LogP contribution in [0.2, 0.25) is 0 Å². The highest BCUT2D eigenvalue weighted by Crippen LogP contribution is 2.34. The van der Waals surface area contributed by atoms with Crippen LogP contribution in [0.1, 0.15) is 32.3 Å². The van der Waals surface area contributed by atoms with Gasteiger partial charge in [0.15, 0.2) is 4.75 Å². The number of likely N-dealkylation sites (tertiary alicyclic amines) is 1. The average molecular weight is 438 g/mol. The summed E-state index contributed by atoms with van der Waals surface area (Å²) < 4.78 is 26.7. The number of benzene rings is 1. The Hall–Kier alpha value is -2.17. The third-order valence-electron chi connectivity index (χ3n) is 6.34. The zero-order valence-electron chi connectivity index (χ0n) is 17.6. The molecule has 9 nitrogen and oxygen atoms in total. The molecule has 2 aliphatic rings. The zero-order chi connectivity index (χ0) is 21.9. The molecule has 0 aliphatic carbocycles. The van der Waals surface area contributed by atoms with Crippen LogP contribution in [0, 0.1) is 5.41 Å². The number of piperazine rings is 1. The van der Waals surface area contributed by atoms with Crippen LogP contribution >= 0.6 is 0 Å². The molecule has 0 aromatic heterocycles. The largest absolute Gasteiger partial charge is 0.369 e. The van der Waals surface area contributed by atoms with E-state index in [2.05, 4.69) is 36.1 Å². The van der Waals surface area contributed by atoms with E-state index in [0.29, 0.717) is 18.9 Å². The molecule has 0 saturated carbocycles. The van der Waals surface area contributed by atoms with Gasteiger partial charge in [-0.15, -0.1) is 0 Å². The van der Waals surface area contributed by atoms with Crippen LogP contribution in [-0.2, 0) is 21.2 Å². The maximum absolute atomic E-state index is 13.5. The number of nitrogens with zero attached hydrogens (tertiary/aromatic N) is 3. The van der Waals surface area contributed by atoms with Crippen molar-refractivity contribution in [2.45, 2.75) is 37.9 Å². The van der Waals surface area contributed by atoms with E-state index in [9.17, 15) is 18.4 Å². The first-order chi connectivity index (χ1) is 14.2. The number of rotatable bonds is 5. The summed E-state index contributed by atoms with van der Waals surface area (Å²) in [6.45, 7) is 5.94. The number of amides is 1. The number of nitrogens with one attached hydrogen (secondary N) is 2. The molecule has 2 aliphatic heterocycles. The van der Waals surface area contributed by atoms with Gasteiger partial charge in [-0.1, -0.05) is 19.1 Å². The van der Waals surface area contributed by atoms with E-state index < -0.39 is 20.7 Å². The molecule has 166 valence electrons. The molecule has 1 aromatic carbocycles. The van der Waals surface area contributed by atoms with Crippen molar-refractivity contribution in [2.24, 2.45) is 0 Å². The highest BCUT2D eigenvalue weighted by Gasteiger charge is 2.55. The van der Waals surface area contributed by atoms with Crippen molar-refractivity contribution in [2.75, 3.05) is 44.2 Å². The molecule has 3 N–H and O–H groups in total. The zero-order valence-corrected chi connectivity index (χ0v) is 18.4. The fourth-order valence-corrected chi connectivity index (χ4v) is 6.40. The highest BCUT2D eigenvalue weighted by atomic mass is 32.2. The molecule has 2 fully saturated rings. The Balaban J connectivity index is 1.75. The molecule has 3 rings (SSSR count). The molecular weight excluding hydrogens is 406 g/mol. The van der Waals surface area contributed by atoms with E-state index in [1.807, 2.05) is 0 Å². The Morgan fingerprint density at radius 1 is 1.10 bits per heavy atom. The van der Waals surface area contributed by atoms with Crippen LogP contribution in [-0.4, -0.2) is 78.6 Å². The minimum Gasteiger partial charge on any atom is -0.369 e. The summed E-state index contributed by atoms with van der Waals surface area (Å²) in [4.78, 5) is 16.4. The van der Waals surface area contributed by atoms with E-state index in [-0.39, 0.29) is 39.0 Å². The molecule has 0 bridgehead atoms. The summed E-state index contributed by atoms with van der Waals surface area (Å²) in [5, 5.41) is 17.0. The molecule has 0 atom stereocenters. The second-order valence-electron chi connectivity index (χ2n) is 7.92. The average Bonchev–Trinajstić information content (AvgIpc) is 2.78. The number of amidine groups is 1. The van der Waals surface area contributed by atoms with E-state index in [1.54, 1.807) is 17.3 Å². The smallest absolute Gasteiger partial charge is 0.266 e. The van der Waals surface area contributed by atoms with Crippen LogP contribution in [0.15, 0.2) is 24.3 Å². The summed E-state index contributed by atoms with van der Waals surface area (Å²) in [6.07, 6.45) is 1.05. The molecule has 0 radical (unpaired) electrons. The van der Waals surface area contributed by atoms with Crippen LogP contribution in [0.25, 0.3) is 0 Å². The SMILES string of the molecule is CCc1ccc(N2CCN(S(=O)(=O)C3(C(=O)NO)CCN(C(C)=N)CC3)CC2)cc1. The molecule has 1 amide bonds. The number of anilines is 1.